The molecule has 26 heavy (non-hydrogen) atoms. The highest BCUT2D eigenvalue weighted by Crippen LogP contribution is 2.51. The summed E-state index contributed by atoms with van der Waals surface area (Å²) in [6.45, 7) is 7.12. The summed E-state index contributed by atoms with van der Waals surface area (Å²) in [6, 6.07) is 12.7. The molecule has 0 atom stereocenters. The Kier molecular flexibility index (Phi) is 6.99. The van der Waals surface area contributed by atoms with Crippen LogP contribution in [0.15, 0.2) is 53.5 Å². The maximum Gasteiger partial charge on any atom is 0.350 e. The SMILES string of the molecule is CC(C)OP(=O)(Cn1ccc(C#Cc2ccccc2)cc1=O)OC(C)C. The van der Waals surface area contributed by atoms with Crippen molar-refractivity contribution < 1.29 is 13.6 Å². The molecule has 1 heterocycles. The van der Waals surface area contributed by atoms with Crippen LogP contribution in [0, 0.1) is 11.8 Å². The zero-order valence-electron chi connectivity index (χ0n) is 15.5. The first-order chi connectivity index (χ1) is 12.3. The molecular formula is C20H24NO4P. The number of benzene rings is 1. The lowest BCUT2D eigenvalue weighted by Gasteiger charge is -2.23. The predicted octanol–water partition coefficient (Wildman–Crippen LogP) is 4.25. The Labute approximate surface area is 154 Å². The van der Waals surface area contributed by atoms with Crippen molar-refractivity contribution in [2.24, 2.45) is 0 Å². The Morgan fingerprint density at radius 3 is 2.08 bits per heavy atom. The van der Waals surface area contributed by atoms with Crippen LogP contribution in [-0.4, -0.2) is 16.8 Å². The number of rotatable bonds is 6. The van der Waals surface area contributed by atoms with Gasteiger partial charge in [-0.3, -0.25) is 9.36 Å². The van der Waals surface area contributed by atoms with Crippen LogP contribution in [0.3, 0.4) is 0 Å². The molecule has 0 saturated carbocycles. The van der Waals surface area contributed by atoms with Crippen molar-refractivity contribution >= 4 is 7.60 Å². The van der Waals surface area contributed by atoms with Crippen molar-refractivity contribution in [2.75, 3.05) is 0 Å². The van der Waals surface area contributed by atoms with Gasteiger partial charge in [-0.2, -0.15) is 0 Å². The summed E-state index contributed by atoms with van der Waals surface area (Å²) in [6.07, 6.45) is 0.893. The van der Waals surface area contributed by atoms with E-state index in [0.717, 1.165) is 5.56 Å². The van der Waals surface area contributed by atoms with Gasteiger partial charge in [-0.05, 0) is 45.9 Å². The standard InChI is InChI=1S/C20H24NO4P/c1-16(2)24-26(23,25-17(3)4)15-21-13-12-19(14-20(21)22)11-10-18-8-6-5-7-9-18/h5-9,12-14,16-17H,15H2,1-4H3. The van der Waals surface area contributed by atoms with Crippen LogP contribution in [0.1, 0.15) is 38.8 Å². The number of pyridine rings is 1. The Hall–Kier alpha value is -2.12. The van der Waals surface area contributed by atoms with Crippen molar-refractivity contribution in [3.63, 3.8) is 0 Å². The number of hydrogen-bond acceptors (Lipinski definition) is 4. The Bertz CT molecular complexity index is 877. The van der Waals surface area contributed by atoms with E-state index in [9.17, 15) is 9.36 Å². The maximum absolute atomic E-state index is 12.9. The molecule has 2 rings (SSSR count). The lowest BCUT2D eigenvalue weighted by Crippen LogP contribution is -2.21. The average Bonchev–Trinajstić information content (AvgIpc) is 2.54. The maximum atomic E-state index is 12.9. The quantitative estimate of drug-likeness (QED) is 0.561. The molecule has 0 unspecified atom stereocenters. The van der Waals surface area contributed by atoms with Gasteiger partial charge in [0.25, 0.3) is 5.56 Å². The second kappa shape index (κ2) is 9.00. The van der Waals surface area contributed by atoms with E-state index in [2.05, 4.69) is 11.8 Å². The molecule has 0 spiro atoms. The molecular weight excluding hydrogens is 349 g/mol. The molecule has 138 valence electrons. The molecule has 2 aromatic rings. The van der Waals surface area contributed by atoms with Gasteiger partial charge in [0.15, 0.2) is 0 Å². The summed E-state index contributed by atoms with van der Waals surface area (Å²) in [5, 5.41) is 0. The van der Waals surface area contributed by atoms with E-state index in [1.807, 2.05) is 30.3 Å². The number of nitrogens with zero attached hydrogens (tertiary/aromatic N) is 1. The predicted molar refractivity (Wildman–Crippen MR) is 103 cm³/mol. The van der Waals surface area contributed by atoms with E-state index in [1.54, 1.807) is 40.0 Å². The molecule has 0 aliphatic carbocycles. The number of aromatic nitrogens is 1. The molecule has 1 aromatic carbocycles. The molecule has 0 amide bonds. The van der Waals surface area contributed by atoms with Crippen molar-refractivity contribution in [1.82, 2.24) is 4.57 Å². The van der Waals surface area contributed by atoms with E-state index in [-0.39, 0.29) is 24.1 Å². The molecule has 6 heteroatoms. The molecule has 5 nitrogen and oxygen atoms in total. The monoisotopic (exact) mass is 373 g/mol. The Balaban J connectivity index is 2.22. The summed E-state index contributed by atoms with van der Waals surface area (Å²) in [7, 11) is -3.43. The zero-order valence-corrected chi connectivity index (χ0v) is 16.4. The summed E-state index contributed by atoms with van der Waals surface area (Å²) in [4.78, 5) is 12.4. The normalized spacial score (nSPS) is 11.5. The summed E-state index contributed by atoms with van der Waals surface area (Å²) >= 11 is 0. The summed E-state index contributed by atoms with van der Waals surface area (Å²) in [5.74, 6) is 5.97. The van der Waals surface area contributed by atoms with Gasteiger partial charge in [-0.15, -0.1) is 0 Å². The zero-order chi connectivity index (χ0) is 19.2. The smallest absolute Gasteiger partial charge is 0.305 e. The third-order valence-electron chi connectivity index (χ3n) is 3.19. The highest BCUT2D eigenvalue weighted by molar-refractivity contribution is 7.52. The molecule has 1 aromatic heterocycles. The second-order valence-electron chi connectivity index (χ2n) is 6.40. The molecule has 0 bridgehead atoms. The first-order valence-corrected chi connectivity index (χ1v) is 10.2. The van der Waals surface area contributed by atoms with E-state index in [0.29, 0.717) is 5.56 Å². The van der Waals surface area contributed by atoms with Crippen LogP contribution < -0.4 is 5.56 Å². The third-order valence-corrected chi connectivity index (χ3v) is 5.33. The van der Waals surface area contributed by atoms with E-state index in [4.69, 9.17) is 9.05 Å². The van der Waals surface area contributed by atoms with Gasteiger partial charge in [-0.1, -0.05) is 30.0 Å². The summed E-state index contributed by atoms with van der Waals surface area (Å²) in [5.41, 5.74) is 1.17. The summed E-state index contributed by atoms with van der Waals surface area (Å²) < 4.78 is 25.2. The van der Waals surface area contributed by atoms with Gasteiger partial charge in [-0.25, -0.2) is 0 Å². The van der Waals surface area contributed by atoms with Crippen LogP contribution in [0.25, 0.3) is 0 Å². The molecule has 0 aliphatic rings. The molecule has 0 aliphatic heterocycles. The van der Waals surface area contributed by atoms with Crippen LogP contribution in [-0.2, 0) is 19.9 Å². The molecule has 0 saturated heterocycles. The number of hydrogen-bond donors (Lipinski definition) is 0. The molecule has 0 fully saturated rings. The Morgan fingerprint density at radius 2 is 1.54 bits per heavy atom. The van der Waals surface area contributed by atoms with Gasteiger partial charge < -0.3 is 13.6 Å². The van der Waals surface area contributed by atoms with Gasteiger partial charge in [0.1, 0.15) is 6.29 Å². The van der Waals surface area contributed by atoms with Crippen LogP contribution in [0.4, 0.5) is 0 Å². The third kappa shape index (κ3) is 6.31. The van der Waals surface area contributed by atoms with Crippen molar-refractivity contribution in [3.05, 3.63) is 70.1 Å². The minimum Gasteiger partial charge on any atom is -0.305 e. The minimum atomic E-state index is -3.43. The Morgan fingerprint density at radius 1 is 0.962 bits per heavy atom. The second-order valence-corrected chi connectivity index (χ2v) is 8.33. The van der Waals surface area contributed by atoms with Gasteiger partial charge >= 0.3 is 7.60 Å². The van der Waals surface area contributed by atoms with Crippen LogP contribution in [0.2, 0.25) is 0 Å². The van der Waals surface area contributed by atoms with Crippen LogP contribution >= 0.6 is 7.60 Å². The largest absolute Gasteiger partial charge is 0.350 e. The first kappa shape index (κ1) is 20.2. The van der Waals surface area contributed by atoms with Gasteiger partial charge in [0.2, 0.25) is 0 Å². The molecule has 0 N–H and O–H groups in total. The fraction of sp³-hybridized carbons (Fsp3) is 0.350. The van der Waals surface area contributed by atoms with E-state index >= 15 is 0 Å². The highest BCUT2D eigenvalue weighted by atomic mass is 31.2. The fourth-order valence-corrected chi connectivity index (χ4v) is 4.36. The van der Waals surface area contributed by atoms with E-state index in [1.165, 1.54) is 10.6 Å². The van der Waals surface area contributed by atoms with Gasteiger partial charge in [0.05, 0.1) is 12.2 Å². The molecule has 0 radical (unpaired) electrons. The first-order valence-electron chi connectivity index (χ1n) is 8.51. The van der Waals surface area contributed by atoms with Crippen molar-refractivity contribution in [2.45, 2.75) is 46.2 Å². The van der Waals surface area contributed by atoms with Crippen molar-refractivity contribution in [3.8, 4) is 11.8 Å². The average molecular weight is 373 g/mol. The van der Waals surface area contributed by atoms with Crippen molar-refractivity contribution in [1.29, 1.82) is 0 Å². The fourth-order valence-electron chi connectivity index (χ4n) is 2.29. The lowest BCUT2D eigenvalue weighted by molar-refractivity contribution is 0.138. The topological polar surface area (TPSA) is 57.5 Å². The lowest BCUT2D eigenvalue weighted by atomic mass is 10.2. The van der Waals surface area contributed by atoms with Crippen LogP contribution in [0.5, 0.6) is 0 Å². The van der Waals surface area contributed by atoms with Gasteiger partial charge in [0, 0.05) is 23.4 Å². The van der Waals surface area contributed by atoms with E-state index < -0.39 is 7.60 Å². The highest BCUT2D eigenvalue weighted by Gasteiger charge is 2.28. The minimum absolute atomic E-state index is 0.130.